The van der Waals surface area contributed by atoms with Crippen molar-refractivity contribution in [3.8, 4) is 0 Å². The molecule has 0 N–H and O–H groups in total. The molecule has 4 aliphatic rings. The van der Waals surface area contributed by atoms with Crippen LogP contribution in [0.4, 0.5) is 0 Å². The van der Waals surface area contributed by atoms with Gasteiger partial charge in [0.15, 0.2) is 0 Å². The molecule has 0 saturated heterocycles. The van der Waals surface area contributed by atoms with Crippen LogP contribution in [0.1, 0.15) is 255 Å². The van der Waals surface area contributed by atoms with Crippen LogP contribution in [0.5, 0.6) is 0 Å². The predicted octanol–water partition coefficient (Wildman–Crippen LogP) is 30.7. The van der Waals surface area contributed by atoms with Crippen molar-refractivity contribution < 1.29 is 0 Å². The molecule has 4 saturated carbocycles. The first kappa shape index (κ1) is 77.9. The quantitative estimate of drug-likeness (QED) is 0.0667. The van der Waals surface area contributed by atoms with Crippen LogP contribution in [-0.4, -0.2) is 0 Å². The summed E-state index contributed by atoms with van der Waals surface area (Å²) in [7, 11) is 0. The third-order valence-corrected chi connectivity index (χ3v) is 24.8. The molecular weight excluding hydrogens is 1370 g/mol. The van der Waals surface area contributed by atoms with Gasteiger partial charge in [0.1, 0.15) is 0 Å². The first-order valence-corrected chi connectivity index (χ1v) is 41.4. The van der Waals surface area contributed by atoms with E-state index in [0.717, 1.165) is 38.5 Å². The van der Waals surface area contributed by atoms with E-state index in [1.54, 1.807) is 0 Å². The molecule has 0 unspecified atom stereocenters. The van der Waals surface area contributed by atoms with Crippen molar-refractivity contribution in [2.75, 3.05) is 0 Å². The summed E-state index contributed by atoms with van der Waals surface area (Å²) in [5.41, 5.74) is 30.5. The second-order valence-corrected chi connectivity index (χ2v) is 37.5. The van der Waals surface area contributed by atoms with Gasteiger partial charge in [-0.2, -0.15) is 0 Å². The molecule has 0 aliphatic heterocycles. The average Bonchev–Trinajstić information content (AvgIpc) is 0.665. The average molecular weight is 1480 g/mol. The molecule has 114 heavy (non-hydrogen) atoms. The van der Waals surface area contributed by atoms with Crippen molar-refractivity contribution in [2.24, 2.45) is 0 Å². The minimum absolute atomic E-state index is 0.112. The smallest absolute Gasteiger partial charge is 0.00215 e. The zero-order valence-electron chi connectivity index (χ0n) is 69.2. The predicted molar refractivity (Wildman–Crippen MR) is 498 cm³/mol. The van der Waals surface area contributed by atoms with Gasteiger partial charge in [0.05, 0.1) is 0 Å². The first-order chi connectivity index (χ1) is 54.7. The molecule has 0 radical (unpaired) electrons. The molecule has 12 aromatic carbocycles. The van der Waals surface area contributed by atoms with Gasteiger partial charge in [0, 0.05) is 0 Å². The largest absolute Gasteiger partial charge is 0.0579 e. The summed E-state index contributed by atoms with van der Waals surface area (Å²) in [6.07, 6.45) is 42.5. The maximum Gasteiger partial charge on any atom is -0.00215 e. The lowest BCUT2D eigenvalue weighted by Crippen LogP contribution is -2.67. The van der Waals surface area contributed by atoms with E-state index in [2.05, 4.69) is 471 Å². The van der Waals surface area contributed by atoms with E-state index in [0.29, 0.717) is 0 Å². The van der Waals surface area contributed by atoms with Gasteiger partial charge >= 0.3 is 0 Å². The Bertz CT molecular complexity index is 4790. The molecule has 0 heterocycles. The molecule has 0 atom stereocenters. The molecule has 568 valence electrons. The molecule has 12 aromatic rings. The van der Waals surface area contributed by atoms with E-state index in [4.69, 9.17) is 0 Å². The Balaban J connectivity index is 0.738. The maximum absolute atomic E-state index is 2.51. The summed E-state index contributed by atoms with van der Waals surface area (Å²) in [5, 5.41) is 0. The van der Waals surface area contributed by atoms with Crippen LogP contribution >= 0.6 is 0 Å². The third kappa shape index (κ3) is 18.4. The van der Waals surface area contributed by atoms with E-state index >= 15 is 0 Å². The van der Waals surface area contributed by atoms with Crippen molar-refractivity contribution in [1.29, 1.82) is 0 Å². The molecule has 0 aromatic heterocycles. The topological polar surface area (TPSA) is 0 Å². The molecule has 4 aliphatic carbocycles. The van der Waals surface area contributed by atoms with E-state index in [9.17, 15) is 0 Å². The van der Waals surface area contributed by atoms with Crippen LogP contribution in [0, 0.1) is 0 Å². The van der Waals surface area contributed by atoms with Gasteiger partial charge in [0.2, 0.25) is 0 Å². The summed E-state index contributed by atoms with van der Waals surface area (Å²) in [5.74, 6) is 0. The molecule has 0 nitrogen and oxygen atoms in total. The summed E-state index contributed by atoms with van der Waals surface area (Å²) in [6.45, 7) is 27.2. The molecule has 0 heteroatoms. The van der Waals surface area contributed by atoms with Gasteiger partial charge in [-0.05, 0) is 215 Å². The fourth-order valence-corrected chi connectivity index (χ4v) is 18.4. The van der Waals surface area contributed by atoms with Crippen LogP contribution < -0.4 is 0 Å². The number of benzene rings is 12. The molecule has 0 spiro atoms. The zero-order valence-corrected chi connectivity index (χ0v) is 69.2. The Kier molecular flexibility index (Phi) is 22.0. The highest BCUT2D eigenvalue weighted by molar-refractivity contribution is 5.78. The van der Waals surface area contributed by atoms with Gasteiger partial charge < -0.3 is 0 Å². The number of rotatable bonds is 20. The first-order valence-electron chi connectivity index (χ1n) is 41.4. The lowest BCUT2D eigenvalue weighted by molar-refractivity contribution is -0.0691. The van der Waals surface area contributed by atoms with Gasteiger partial charge in [-0.25, -0.2) is 0 Å². The summed E-state index contributed by atoms with van der Waals surface area (Å²) in [6, 6.07) is 111. The van der Waals surface area contributed by atoms with Crippen molar-refractivity contribution in [1.82, 2.24) is 0 Å². The van der Waals surface area contributed by atoms with Crippen molar-refractivity contribution >= 4 is 97.2 Å². The van der Waals surface area contributed by atoms with Gasteiger partial charge in [-0.3, -0.25) is 0 Å². The Labute approximate surface area is 682 Å². The molecule has 16 rings (SSSR count). The molecule has 0 amide bonds. The van der Waals surface area contributed by atoms with Gasteiger partial charge in [0.25, 0.3) is 0 Å². The highest BCUT2D eigenvalue weighted by Gasteiger charge is 2.69. The number of hydrogen-bond donors (Lipinski definition) is 0. The fourth-order valence-electron chi connectivity index (χ4n) is 18.4. The third-order valence-electron chi connectivity index (χ3n) is 24.8. The highest BCUT2D eigenvalue weighted by atomic mass is 14.7. The van der Waals surface area contributed by atoms with E-state index < -0.39 is 0 Å². The minimum atomic E-state index is -0.112. The zero-order chi connectivity index (χ0) is 79.4. The second-order valence-electron chi connectivity index (χ2n) is 37.5. The van der Waals surface area contributed by atoms with Crippen molar-refractivity contribution in [3.63, 3.8) is 0 Å². The maximum atomic E-state index is 2.51. The van der Waals surface area contributed by atoms with Crippen LogP contribution in [0.15, 0.2) is 291 Å². The van der Waals surface area contributed by atoms with Crippen LogP contribution in [0.25, 0.3) is 97.2 Å². The standard InChI is InChI=1S/C114H112/c1-107(2,3)99-61-45-91(46-62-99)37-29-83-13-21-87(22-14-83)33-41-95-53-69-103(70-54-95)111-77-112(104-71-55-96(56-72-104)42-34-88-23-15-84(16-24-88)30-38-92-47-63-100(64-48-92)108(4,5)6)80-113(78-111,105-73-57-97(58-74-105)43-35-89-25-17-85(18-26-89)31-39-93-49-65-101(66-50-93)109(7,8)9)82-114(79-111,81-112)106-75-59-98(60-76-106)44-36-90-27-19-86(20-28-90)32-40-94-51-67-102(68-52-94)110(10,11)12/h13-76H,77-82H2,1-12H3. The Morgan fingerprint density at radius 2 is 0.228 bits per heavy atom. The van der Waals surface area contributed by atoms with Crippen LogP contribution in [0.2, 0.25) is 0 Å². The van der Waals surface area contributed by atoms with Crippen molar-refractivity contribution in [2.45, 2.75) is 165 Å². The normalized spacial score (nSPS) is 19.4. The molecular formula is C114H112. The second kappa shape index (κ2) is 32.2. The van der Waals surface area contributed by atoms with Crippen LogP contribution in [0.3, 0.4) is 0 Å². The Morgan fingerprint density at radius 3 is 0.325 bits per heavy atom. The number of hydrogen-bond acceptors (Lipinski definition) is 0. The molecule has 4 fully saturated rings. The van der Waals surface area contributed by atoms with E-state index in [-0.39, 0.29) is 43.3 Å². The summed E-state index contributed by atoms with van der Waals surface area (Å²) >= 11 is 0. The molecule has 4 bridgehead atoms. The fraction of sp³-hybridized carbons (Fsp3) is 0.228. The van der Waals surface area contributed by atoms with Crippen molar-refractivity contribution in [3.05, 3.63) is 425 Å². The van der Waals surface area contributed by atoms with Gasteiger partial charge in [-0.1, -0.05) is 471 Å². The van der Waals surface area contributed by atoms with Gasteiger partial charge in [-0.15, -0.1) is 0 Å². The van der Waals surface area contributed by atoms with E-state index in [1.807, 2.05) is 0 Å². The Hall–Kier alpha value is -11.4. The minimum Gasteiger partial charge on any atom is -0.0579 e. The summed E-state index contributed by atoms with van der Waals surface area (Å²) in [4.78, 5) is 0. The lowest BCUT2D eigenvalue weighted by atomic mass is 9.32. The Morgan fingerprint density at radius 1 is 0.140 bits per heavy atom. The highest BCUT2D eigenvalue weighted by Crippen LogP contribution is 2.75. The SMILES string of the molecule is CC(C)(C)c1ccc(C=Cc2ccc(C=Cc3ccc(C45CC6(c7ccc(C=Cc8ccc(C=Cc9ccc(C(C)(C)C)cc9)cc8)cc7)CC(c7ccc(C=Cc8ccc(C=Cc9ccc(C(C)(C)C)cc9)cc8)cc7)(C4)CC(c4ccc(C=Cc7ccc(C=Cc8ccc(C(C)(C)C)cc8)cc7)cc4)(C5)C6)cc3)cc2)cc1. The lowest BCUT2D eigenvalue weighted by Gasteiger charge is -2.71. The van der Waals surface area contributed by atoms with Crippen LogP contribution in [-0.2, 0) is 43.3 Å². The summed E-state index contributed by atoms with van der Waals surface area (Å²) < 4.78 is 0. The monoisotopic (exact) mass is 1480 g/mol. The van der Waals surface area contributed by atoms with E-state index in [1.165, 1.54) is 134 Å².